The van der Waals surface area contributed by atoms with Crippen LogP contribution in [0.1, 0.15) is 19.0 Å². The molecule has 0 saturated heterocycles. The minimum Gasteiger partial charge on any atom is -0.481 e. The first-order chi connectivity index (χ1) is 6.36. The first-order valence-electron chi connectivity index (χ1n) is 4.57. The molecule has 72 valence electrons. The lowest BCUT2D eigenvalue weighted by molar-refractivity contribution is 0.395. The first-order valence-corrected chi connectivity index (χ1v) is 4.57. The van der Waals surface area contributed by atoms with Crippen LogP contribution in [-0.2, 0) is 6.54 Å². The second-order valence-electron chi connectivity index (χ2n) is 2.85. The molecule has 1 aromatic rings. The summed E-state index contributed by atoms with van der Waals surface area (Å²) >= 11 is 0. The van der Waals surface area contributed by atoms with E-state index in [1.54, 1.807) is 7.11 Å². The third-order valence-corrected chi connectivity index (χ3v) is 1.72. The lowest BCUT2D eigenvalue weighted by Gasteiger charge is -2.03. The third-order valence-electron chi connectivity index (χ3n) is 1.72. The Bertz CT molecular complexity index is 250. The fraction of sp³-hybridized carbons (Fsp3) is 0.500. The second kappa shape index (κ2) is 5.54. The summed E-state index contributed by atoms with van der Waals surface area (Å²) in [6.07, 6.45) is 1.14. The maximum absolute atomic E-state index is 5.02. The number of nitrogens with one attached hydrogen (secondary N) is 1. The highest BCUT2D eigenvalue weighted by Gasteiger charge is 1.95. The molecule has 0 amide bonds. The van der Waals surface area contributed by atoms with Crippen LogP contribution in [-0.4, -0.2) is 18.6 Å². The Balaban J connectivity index is 2.46. The van der Waals surface area contributed by atoms with Crippen LogP contribution in [0.5, 0.6) is 5.88 Å². The van der Waals surface area contributed by atoms with Crippen LogP contribution in [0.2, 0.25) is 0 Å². The van der Waals surface area contributed by atoms with E-state index in [9.17, 15) is 0 Å². The van der Waals surface area contributed by atoms with E-state index in [1.807, 2.05) is 18.2 Å². The van der Waals surface area contributed by atoms with E-state index >= 15 is 0 Å². The zero-order valence-corrected chi connectivity index (χ0v) is 8.21. The quantitative estimate of drug-likeness (QED) is 0.699. The molecule has 3 nitrogen and oxygen atoms in total. The second-order valence-corrected chi connectivity index (χ2v) is 2.85. The summed E-state index contributed by atoms with van der Waals surface area (Å²) in [5.41, 5.74) is 1.02. The summed E-state index contributed by atoms with van der Waals surface area (Å²) in [5.74, 6) is 0.677. The van der Waals surface area contributed by atoms with Gasteiger partial charge in [-0.15, -0.1) is 0 Å². The lowest BCUT2D eigenvalue weighted by Crippen LogP contribution is -2.14. The SMILES string of the molecule is CCCNCc1cccc(OC)n1. The average molecular weight is 180 g/mol. The van der Waals surface area contributed by atoms with Gasteiger partial charge in [0.05, 0.1) is 12.8 Å². The van der Waals surface area contributed by atoms with Gasteiger partial charge in [-0.2, -0.15) is 0 Å². The molecule has 0 aliphatic carbocycles. The Kier molecular flexibility index (Phi) is 4.26. The fourth-order valence-electron chi connectivity index (χ4n) is 1.06. The molecule has 0 aliphatic heterocycles. The molecule has 0 atom stereocenters. The summed E-state index contributed by atoms with van der Waals surface area (Å²) in [6, 6.07) is 5.79. The standard InChI is InChI=1S/C10H16N2O/c1-3-7-11-8-9-5-4-6-10(12-9)13-2/h4-6,11H,3,7-8H2,1-2H3. The molecule has 1 rings (SSSR count). The predicted molar refractivity (Wildman–Crippen MR) is 52.8 cm³/mol. The number of hydrogen-bond acceptors (Lipinski definition) is 3. The Morgan fingerprint density at radius 2 is 2.31 bits per heavy atom. The fourth-order valence-corrected chi connectivity index (χ4v) is 1.06. The highest BCUT2D eigenvalue weighted by Crippen LogP contribution is 2.05. The van der Waals surface area contributed by atoms with Crippen molar-refractivity contribution in [1.82, 2.24) is 10.3 Å². The van der Waals surface area contributed by atoms with E-state index in [4.69, 9.17) is 4.74 Å². The van der Waals surface area contributed by atoms with Gasteiger partial charge in [-0.25, -0.2) is 4.98 Å². The van der Waals surface area contributed by atoms with Crippen molar-refractivity contribution < 1.29 is 4.74 Å². The monoisotopic (exact) mass is 180 g/mol. The van der Waals surface area contributed by atoms with E-state index in [0.717, 1.165) is 25.2 Å². The summed E-state index contributed by atoms with van der Waals surface area (Å²) in [4.78, 5) is 4.28. The molecule has 1 heterocycles. The van der Waals surface area contributed by atoms with Crippen LogP contribution in [0.15, 0.2) is 18.2 Å². The average Bonchev–Trinajstić information content (AvgIpc) is 2.19. The van der Waals surface area contributed by atoms with E-state index < -0.39 is 0 Å². The molecule has 0 fully saturated rings. The molecule has 0 spiro atoms. The number of nitrogens with zero attached hydrogens (tertiary/aromatic N) is 1. The molecule has 0 aliphatic rings. The van der Waals surface area contributed by atoms with Crippen LogP contribution in [0.4, 0.5) is 0 Å². The zero-order valence-electron chi connectivity index (χ0n) is 8.21. The lowest BCUT2D eigenvalue weighted by atomic mass is 10.3. The molecule has 0 aromatic carbocycles. The number of hydrogen-bond donors (Lipinski definition) is 1. The smallest absolute Gasteiger partial charge is 0.213 e. The van der Waals surface area contributed by atoms with Crippen LogP contribution in [0, 0.1) is 0 Å². The van der Waals surface area contributed by atoms with Gasteiger partial charge in [0.1, 0.15) is 0 Å². The minimum atomic E-state index is 0.677. The topological polar surface area (TPSA) is 34.1 Å². The van der Waals surface area contributed by atoms with Crippen molar-refractivity contribution >= 4 is 0 Å². The van der Waals surface area contributed by atoms with Gasteiger partial charge in [0.2, 0.25) is 5.88 Å². The van der Waals surface area contributed by atoms with E-state index in [0.29, 0.717) is 5.88 Å². The van der Waals surface area contributed by atoms with E-state index in [-0.39, 0.29) is 0 Å². The number of rotatable bonds is 5. The Morgan fingerprint density at radius 1 is 1.46 bits per heavy atom. The van der Waals surface area contributed by atoms with E-state index in [2.05, 4.69) is 17.2 Å². The number of aromatic nitrogens is 1. The number of pyridine rings is 1. The molecular formula is C10H16N2O. The van der Waals surface area contributed by atoms with Gasteiger partial charge in [-0.3, -0.25) is 0 Å². The normalized spacial score (nSPS) is 10.0. The molecule has 1 aromatic heterocycles. The molecule has 1 N–H and O–H groups in total. The highest BCUT2D eigenvalue weighted by molar-refractivity contribution is 5.15. The molecule has 0 saturated carbocycles. The Hall–Kier alpha value is -1.09. The van der Waals surface area contributed by atoms with E-state index in [1.165, 1.54) is 0 Å². The van der Waals surface area contributed by atoms with Gasteiger partial charge in [-0.1, -0.05) is 13.0 Å². The van der Waals surface area contributed by atoms with Crippen molar-refractivity contribution in [3.05, 3.63) is 23.9 Å². The van der Waals surface area contributed by atoms with Crippen LogP contribution < -0.4 is 10.1 Å². The number of methoxy groups -OCH3 is 1. The van der Waals surface area contributed by atoms with Crippen LogP contribution in [0.3, 0.4) is 0 Å². The molecule has 3 heteroatoms. The molecule has 0 radical (unpaired) electrons. The zero-order chi connectivity index (χ0) is 9.52. The van der Waals surface area contributed by atoms with Gasteiger partial charge in [0.15, 0.2) is 0 Å². The van der Waals surface area contributed by atoms with Crippen molar-refractivity contribution in [1.29, 1.82) is 0 Å². The third kappa shape index (κ3) is 3.42. The predicted octanol–water partition coefficient (Wildman–Crippen LogP) is 1.59. The van der Waals surface area contributed by atoms with Gasteiger partial charge >= 0.3 is 0 Å². The molecule has 13 heavy (non-hydrogen) atoms. The van der Waals surface area contributed by atoms with Crippen molar-refractivity contribution in [3.8, 4) is 5.88 Å². The van der Waals surface area contributed by atoms with Crippen LogP contribution >= 0.6 is 0 Å². The molecular weight excluding hydrogens is 164 g/mol. The first kappa shape index (κ1) is 9.99. The Labute approximate surface area is 79.1 Å². The largest absolute Gasteiger partial charge is 0.481 e. The highest BCUT2D eigenvalue weighted by atomic mass is 16.5. The van der Waals surface area contributed by atoms with Crippen molar-refractivity contribution in [2.24, 2.45) is 0 Å². The van der Waals surface area contributed by atoms with Crippen molar-refractivity contribution in [3.63, 3.8) is 0 Å². The van der Waals surface area contributed by atoms with Crippen molar-refractivity contribution in [2.75, 3.05) is 13.7 Å². The maximum Gasteiger partial charge on any atom is 0.213 e. The minimum absolute atomic E-state index is 0.677. The van der Waals surface area contributed by atoms with Gasteiger partial charge in [0, 0.05) is 12.6 Å². The summed E-state index contributed by atoms with van der Waals surface area (Å²) < 4.78 is 5.02. The van der Waals surface area contributed by atoms with Gasteiger partial charge < -0.3 is 10.1 Å². The van der Waals surface area contributed by atoms with Crippen molar-refractivity contribution in [2.45, 2.75) is 19.9 Å². The summed E-state index contributed by atoms with van der Waals surface area (Å²) in [7, 11) is 1.63. The number of ether oxygens (including phenoxy) is 1. The maximum atomic E-state index is 5.02. The van der Waals surface area contributed by atoms with Gasteiger partial charge in [0.25, 0.3) is 0 Å². The summed E-state index contributed by atoms with van der Waals surface area (Å²) in [6.45, 7) is 3.98. The molecule has 0 bridgehead atoms. The summed E-state index contributed by atoms with van der Waals surface area (Å²) in [5, 5.41) is 3.28. The van der Waals surface area contributed by atoms with Gasteiger partial charge in [-0.05, 0) is 19.0 Å². The van der Waals surface area contributed by atoms with Crippen LogP contribution in [0.25, 0.3) is 0 Å². The Morgan fingerprint density at radius 3 is 3.00 bits per heavy atom. The molecule has 0 unspecified atom stereocenters.